The fourth-order valence-electron chi connectivity index (χ4n) is 1.88. The highest BCUT2D eigenvalue weighted by Crippen LogP contribution is 2.18. The van der Waals surface area contributed by atoms with E-state index in [0.29, 0.717) is 6.54 Å². The summed E-state index contributed by atoms with van der Waals surface area (Å²) in [7, 11) is 1.73. The van der Waals surface area contributed by atoms with Crippen LogP contribution in [0.4, 0.5) is 0 Å². The van der Waals surface area contributed by atoms with Crippen LogP contribution in [0.2, 0.25) is 0 Å². The van der Waals surface area contributed by atoms with Gasteiger partial charge in [0.1, 0.15) is 5.01 Å². The van der Waals surface area contributed by atoms with Gasteiger partial charge < -0.3 is 10.0 Å². The fourth-order valence-corrected chi connectivity index (χ4v) is 2.70. The number of carbonyl (C=O) groups is 1. The number of aliphatic hydroxyl groups excluding tert-OH is 1. The maximum Gasteiger partial charge on any atom is 0.225 e. The molecule has 0 aliphatic carbocycles. The quantitative estimate of drug-likeness (QED) is 0.920. The van der Waals surface area contributed by atoms with Crippen LogP contribution in [0.5, 0.6) is 0 Å². The summed E-state index contributed by atoms with van der Waals surface area (Å²) < 4.78 is 0. The Morgan fingerprint density at radius 1 is 1.40 bits per heavy atom. The number of thiazole rings is 1. The normalized spacial score (nSPS) is 12.2. The first-order valence-electron chi connectivity index (χ1n) is 6.44. The lowest BCUT2D eigenvalue weighted by atomic mass is 10.1. The Labute approximate surface area is 122 Å². The van der Waals surface area contributed by atoms with Gasteiger partial charge in [0.2, 0.25) is 5.91 Å². The predicted octanol–water partition coefficient (Wildman–Crippen LogP) is 2.53. The third kappa shape index (κ3) is 3.88. The van der Waals surface area contributed by atoms with Crippen molar-refractivity contribution in [2.45, 2.75) is 26.0 Å². The zero-order valence-corrected chi connectivity index (χ0v) is 12.4. The molecule has 1 heterocycles. The summed E-state index contributed by atoms with van der Waals surface area (Å²) in [5.41, 5.74) is 1.73. The van der Waals surface area contributed by atoms with Gasteiger partial charge in [0.25, 0.3) is 0 Å². The van der Waals surface area contributed by atoms with E-state index in [0.717, 1.165) is 16.3 Å². The summed E-state index contributed by atoms with van der Waals surface area (Å²) in [5.74, 6) is -0.0887. The van der Waals surface area contributed by atoms with Crippen molar-refractivity contribution in [3.05, 3.63) is 52.0 Å². The highest BCUT2D eigenvalue weighted by molar-refractivity contribution is 7.09. The van der Waals surface area contributed by atoms with E-state index in [1.54, 1.807) is 23.3 Å². The van der Waals surface area contributed by atoms with Crippen molar-refractivity contribution >= 4 is 17.2 Å². The van der Waals surface area contributed by atoms with E-state index in [4.69, 9.17) is 0 Å². The monoisotopic (exact) mass is 290 g/mol. The number of benzene rings is 1. The highest BCUT2D eigenvalue weighted by Gasteiger charge is 2.17. The smallest absolute Gasteiger partial charge is 0.225 e. The Kier molecular flexibility index (Phi) is 4.87. The number of hydrogen-bond donors (Lipinski definition) is 1. The van der Waals surface area contributed by atoms with E-state index in [1.165, 1.54) is 0 Å². The van der Waals surface area contributed by atoms with Gasteiger partial charge >= 0.3 is 0 Å². The molecule has 1 unspecified atom stereocenters. The first-order valence-corrected chi connectivity index (χ1v) is 7.32. The molecule has 0 bridgehead atoms. The number of aryl methyl sites for hydroxylation is 1. The van der Waals surface area contributed by atoms with Crippen LogP contribution in [-0.2, 0) is 11.3 Å². The van der Waals surface area contributed by atoms with Gasteiger partial charge in [0, 0.05) is 18.1 Å². The molecule has 2 rings (SSSR count). The molecule has 1 amide bonds. The zero-order valence-electron chi connectivity index (χ0n) is 11.6. The van der Waals surface area contributed by atoms with Crippen LogP contribution in [0.3, 0.4) is 0 Å². The third-order valence-corrected chi connectivity index (χ3v) is 3.97. The van der Waals surface area contributed by atoms with Gasteiger partial charge in [-0.2, -0.15) is 0 Å². The largest absolute Gasteiger partial charge is 0.388 e. The number of rotatable bonds is 5. The van der Waals surface area contributed by atoms with Crippen LogP contribution >= 0.6 is 11.3 Å². The van der Waals surface area contributed by atoms with Crippen molar-refractivity contribution in [1.29, 1.82) is 0 Å². The Balaban J connectivity index is 1.91. The van der Waals surface area contributed by atoms with E-state index < -0.39 is 6.10 Å². The molecule has 0 saturated heterocycles. The number of aliphatic hydroxyl groups is 1. The van der Waals surface area contributed by atoms with Crippen LogP contribution in [-0.4, -0.2) is 27.9 Å². The Morgan fingerprint density at radius 2 is 2.10 bits per heavy atom. The van der Waals surface area contributed by atoms with Crippen LogP contribution in [0.25, 0.3) is 0 Å². The average Bonchev–Trinajstić information content (AvgIpc) is 2.85. The second-order valence-corrected chi connectivity index (χ2v) is 5.71. The topological polar surface area (TPSA) is 53.4 Å². The lowest BCUT2D eigenvalue weighted by molar-refractivity contribution is -0.132. The summed E-state index contributed by atoms with van der Waals surface area (Å²) in [5, 5.41) is 12.9. The van der Waals surface area contributed by atoms with Crippen molar-refractivity contribution < 1.29 is 9.90 Å². The molecule has 1 aromatic heterocycles. The number of hydrogen-bond acceptors (Lipinski definition) is 4. The Bertz CT molecular complexity index is 568. The first-order chi connectivity index (χ1) is 9.56. The number of amides is 1. The van der Waals surface area contributed by atoms with Gasteiger partial charge in [-0.15, -0.1) is 11.3 Å². The molecule has 1 N–H and O–H groups in total. The van der Waals surface area contributed by atoms with E-state index in [-0.39, 0.29) is 12.3 Å². The molecule has 0 radical (unpaired) electrons. The van der Waals surface area contributed by atoms with Gasteiger partial charge in [0.15, 0.2) is 0 Å². The molecule has 20 heavy (non-hydrogen) atoms. The highest BCUT2D eigenvalue weighted by atomic mass is 32.1. The molecule has 0 aliphatic rings. The summed E-state index contributed by atoms with van der Waals surface area (Å²) >= 11 is 1.54. The van der Waals surface area contributed by atoms with Crippen molar-refractivity contribution in [3.8, 4) is 0 Å². The summed E-state index contributed by atoms with van der Waals surface area (Å²) in [6, 6.07) is 9.23. The minimum absolute atomic E-state index is 0.0882. The standard InChI is InChI=1S/C15H18N2O2S/c1-11-10-20-14(16-11)9-17(2)15(19)8-13(18)12-6-4-3-5-7-12/h3-7,10,13,18H,8-9H2,1-2H3. The second kappa shape index (κ2) is 6.63. The summed E-state index contributed by atoms with van der Waals surface area (Å²) in [6.45, 7) is 2.42. The van der Waals surface area contributed by atoms with Crippen molar-refractivity contribution in [1.82, 2.24) is 9.88 Å². The molecule has 4 nitrogen and oxygen atoms in total. The molecule has 0 fully saturated rings. The molecule has 2 aromatic rings. The summed E-state index contributed by atoms with van der Waals surface area (Å²) in [6.07, 6.45) is -0.672. The lowest BCUT2D eigenvalue weighted by Crippen LogP contribution is -2.27. The average molecular weight is 290 g/mol. The SMILES string of the molecule is Cc1csc(CN(C)C(=O)CC(O)c2ccccc2)n1. The molecule has 1 aromatic carbocycles. The number of aromatic nitrogens is 1. The van der Waals surface area contributed by atoms with Crippen LogP contribution < -0.4 is 0 Å². The minimum atomic E-state index is -0.760. The van der Waals surface area contributed by atoms with Crippen molar-refractivity contribution in [2.24, 2.45) is 0 Å². The maximum absolute atomic E-state index is 12.1. The molecular weight excluding hydrogens is 272 g/mol. The fraction of sp³-hybridized carbons (Fsp3) is 0.333. The van der Waals surface area contributed by atoms with Gasteiger partial charge in [-0.05, 0) is 12.5 Å². The van der Waals surface area contributed by atoms with Crippen LogP contribution in [0, 0.1) is 6.92 Å². The molecule has 1 atom stereocenters. The molecule has 106 valence electrons. The lowest BCUT2D eigenvalue weighted by Gasteiger charge is -2.18. The number of carbonyl (C=O) groups excluding carboxylic acids is 1. The zero-order chi connectivity index (χ0) is 14.5. The molecule has 0 aliphatic heterocycles. The van der Waals surface area contributed by atoms with Gasteiger partial charge in [-0.3, -0.25) is 4.79 Å². The van der Waals surface area contributed by atoms with Gasteiger partial charge in [-0.1, -0.05) is 30.3 Å². The molecule has 0 saturated carbocycles. The van der Waals surface area contributed by atoms with Crippen molar-refractivity contribution in [3.63, 3.8) is 0 Å². The first kappa shape index (κ1) is 14.7. The number of nitrogens with zero attached hydrogens (tertiary/aromatic N) is 2. The van der Waals surface area contributed by atoms with Gasteiger partial charge in [-0.25, -0.2) is 4.98 Å². The van der Waals surface area contributed by atoms with E-state index in [1.807, 2.05) is 42.6 Å². The van der Waals surface area contributed by atoms with E-state index in [2.05, 4.69) is 4.98 Å². The Hall–Kier alpha value is -1.72. The molecule has 5 heteroatoms. The second-order valence-electron chi connectivity index (χ2n) is 4.76. The van der Waals surface area contributed by atoms with Crippen LogP contribution in [0.15, 0.2) is 35.7 Å². The van der Waals surface area contributed by atoms with E-state index >= 15 is 0 Å². The third-order valence-electron chi connectivity index (χ3n) is 3.02. The van der Waals surface area contributed by atoms with Crippen molar-refractivity contribution in [2.75, 3.05) is 7.05 Å². The molecular formula is C15H18N2O2S. The predicted molar refractivity (Wildman–Crippen MR) is 79.3 cm³/mol. The Morgan fingerprint density at radius 3 is 2.70 bits per heavy atom. The van der Waals surface area contributed by atoms with E-state index in [9.17, 15) is 9.90 Å². The summed E-state index contributed by atoms with van der Waals surface area (Å²) in [4.78, 5) is 18.0. The maximum atomic E-state index is 12.1. The van der Waals surface area contributed by atoms with Crippen LogP contribution in [0.1, 0.15) is 28.8 Å². The minimum Gasteiger partial charge on any atom is -0.388 e. The van der Waals surface area contributed by atoms with Gasteiger partial charge in [0.05, 0.1) is 19.1 Å². The molecule has 0 spiro atoms.